The second kappa shape index (κ2) is 5.08. The number of aromatic nitrogens is 1. The number of nitrogens with one attached hydrogen (secondary N) is 1. The molecule has 2 rings (SSSR count). The Hall–Kier alpha value is -1.57. The van der Waals surface area contributed by atoms with Crippen molar-refractivity contribution in [2.45, 2.75) is 26.4 Å². The standard InChI is InChI=1S/C12H15F3N2O3/c1-7-8(9(20-17-7)12(13,14)15)10(18)16-5-11(2)3-4-19-6-11/h3-6H2,1-2H3,(H,16,18). The van der Waals surface area contributed by atoms with Crippen LogP contribution in [0.1, 0.15) is 35.2 Å². The second-order valence-corrected chi connectivity index (χ2v) is 5.27. The van der Waals surface area contributed by atoms with Gasteiger partial charge in [-0.15, -0.1) is 0 Å². The predicted octanol–water partition coefficient (Wildman–Crippen LogP) is 2.16. The number of ether oxygens (including phenoxy) is 1. The molecular formula is C12H15F3N2O3. The van der Waals surface area contributed by atoms with E-state index in [1.54, 1.807) is 0 Å². The van der Waals surface area contributed by atoms with Gasteiger partial charge in [-0.25, -0.2) is 0 Å². The average Bonchev–Trinajstić information content (AvgIpc) is 2.93. The topological polar surface area (TPSA) is 64.4 Å². The summed E-state index contributed by atoms with van der Waals surface area (Å²) < 4.78 is 47.6. The third-order valence-electron chi connectivity index (χ3n) is 3.32. The van der Waals surface area contributed by atoms with Crippen LogP contribution in [0.4, 0.5) is 13.2 Å². The van der Waals surface area contributed by atoms with Crippen LogP contribution in [-0.2, 0) is 10.9 Å². The quantitative estimate of drug-likeness (QED) is 0.927. The fraction of sp³-hybridized carbons (Fsp3) is 0.667. The lowest BCUT2D eigenvalue weighted by molar-refractivity contribution is -0.155. The van der Waals surface area contributed by atoms with Crippen molar-refractivity contribution in [2.75, 3.05) is 19.8 Å². The van der Waals surface area contributed by atoms with Crippen molar-refractivity contribution in [1.29, 1.82) is 0 Å². The molecule has 8 heteroatoms. The van der Waals surface area contributed by atoms with E-state index >= 15 is 0 Å². The Bertz CT molecular complexity index is 505. The van der Waals surface area contributed by atoms with Crippen LogP contribution >= 0.6 is 0 Å². The molecule has 0 bridgehead atoms. The molecular weight excluding hydrogens is 277 g/mol. The summed E-state index contributed by atoms with van der Waals surface area (Å²) >= 11 is 0. The zero-order valence-corrected chi connectivity index (χ0v) is 11.1. The highest BCUT2D eigenvalue weighted by atomic mass is 19.4. The molecule has 1 atom stereocenters. The van der Waals surface area contributed by atoms with Crippen LogP contribution < -0.4 is 5.32 Å². The minimum absolute atomic E-state index is 0.0809. The minimum Gasteiger partial charge on any atom is -0.381 e. The van der Waals surface area contributed by atoms with E-state index in [1.807, 2.05) is 6.92 Å². The van der Waals surface area contributed by atoms with E-state index in [9.17, 15) is 18.0 Å². The van der Waals surface area contributed by atoms with E-state index in [4.69, 9.17) is 4.74 Å². The van der Waals surface area contributed by atoms with Gasteiger partial charge in [-0.3, -0.25) is 4.79 Å². The first-order valence-electron chi connectivity index (χ1n) is 6.12. The van der Waals surface area contributed by atoms with Crippen molar-refractivity contribution >= 4 is 5.91 Å². The fourth-order valence-electron chi connectivity index (χ4n) is 2.06. The van der Waals surface area contributed by atoms with Crippen LogP contribution in [0.15, 0.2) is 4.52 Å². The summed E-state index contributed by atoms with van der Waals surface area (Å²) in [4.78, 5) is 11.9. The smallest absolute Gasteiger partial charge is 0.381 e. The van der Waals surface area contributed by atoms with Crippen molar-refractivity contribution in [2.24, 2.45) is 5.41 Å². The molecule has 1 N–H and O–H groups in total. The fourth-order valence-corrected chi connectivity index (χ4v) is 2.06. The molecule has 1 amide bonds. The molecule has 0 aromatic carbocycles. The Kier molecular flexibility index (Phi) is 3.77. The summed E-state index contributed by atoms with van der Waals surface area (Å²) in [5.74, 6) is -2.19. The first-order chi connectivity index (χ1) is 9.23. The van der Waals surface area contributed by atoms with Gasteiger partial charge < -0.3 is 14.6 Å². The van der Waals surface area contributed by atoms with Crippen molar-refractivity contribution in [3.63, 3.8) is 0 Å². The Balaban J connectivity index is 2.11. The van der Waals surface area contributed by atoms with E-state index in [1.165, 1.54) is 6.92 Å². The van der Waals surface area contributed by atoms with Gasteiger partial charge in [-0.1, -0.05) is 12.1 Å². The summed E-state index contributed by atoms with van der Waals surface area (Å²) in [6.45, 7) is 4.52. The van der Waals surface area contributed by atoms with Crippen LogP contribution in [-0.4, -0.2) is 30.8 Å². The average molecular weight is 292 g/mol. The number of rotatable bonds is 3. The monoisotopic (exact) mass is 292 g/mol. The molecule has 5 nitrogen and oxygen atoms in total. The van der Waals surface area contributed by atoms with Crippen molar-refractivity contribution < 1.29 is 27.2 Å². The largest absolute Gasteiger partial charge is 0.453 e. The summed E-state index contributed by atoms with van der Waals surface area (Å²) in [5.41, 5.74) is -0.887. The van der Waals surface area contributed by atoms with Gasteiger partial charge in [0.25, 0.3) is 11.7 Å². The number of hydrogen-bond acceptors (Lipinski definition) is 4. The zero-order chi connectivity index (χ0) is 15.0. The van der Waals surface area contributed by atoms with Gasteiger partial charge in [0.05, 0.1) is 12.3 Å². The van der Waals surface area contributed by atoms with Gasteiger partial charge in [0.1, 0.15) is 5.56 Å². The summed E-state index contributed by atoms with van der Waals surface area (Å²) in [6.07, 6.45) is -3.99. The lowest BCUT2D eigenvalue weighted by atomic mass is 9.90. The van der Waals surface area contributed by atoms with Gasteiger partial charge in [-0.2, -0.15) is 13.2 Å². The van der Waals surface area contributed by atoms with Crippen LogP contribution in [0, 0.1) is 12.3 Å². The molecule has 1 fully saturated rings. The Morgan fingerprint density at radius 3 is 2.75 bits per heavy atom. The molecule has 112 valence electrons. The SMILES string of the molecule is Cc1noc(C(F)(F)F)c1C(=O)NCC1(C)CCOC1. The van der Waals surface area contributed by atoms with Crippen molar-refractivity contribution in [3.05, 3.63) is 17.0 Å². The molecule has 1 aliphatic rings. The van der Waals surface area contributed by atoms with Crippen molar-refractivity contribution in [3.8, 4) is 0 Å². The van der Waals surface area contributed by atoms with Gasteiger partial charge >= 0.3 is 6.18 Å². The predicted molar refractivity (Wildman–Crippen MR) is 62.1 cm³/mol. The van der Waals surface area contributed by atoms with Gasteiger partial charge in [0.15, 0.2) is 0 Å². The van der Waals surface area contributed by atoms with E-state index in [0.717, 1.165) is 6.42 Å². The number of aryl methyl sites for hydroxylation is 1. The normalized spacial score (nSPS) is 23.1. The molecule has 0 spiro atoms. The number of nitrogens with zero attached hydrogens (tertiary/aromatic N) is 1. The maximum absolute atomic E-state index is 12.7. The number of hydrogen-bond donors (Lipinski definition) is 1. The third kappa shape index (κ3) is 2.95. The van der Waals surface area contributed by atoms with E-state index in [-0.39, 0.29) is 17.7 Å². The minimum atomic E-state index is -4.74. The van der Waals surface area contributed by atoms with Gasteiger partial charge in [0.2, 0.25) is 0 Å². The van der Waals surface area contributed by atoms with E-state index in [2.05, 4.69) is 15.0 Å². The molecule has 1 aromatic rings. The summed E-state index contributed by atoms with van der Waals surface area (Å²) in [6, 6.07) is 0. The van der Waals surface area contributed by atoms with E-state index < -0.39 is 23.4 Å². The highest BCUT2D eigenvalue weighted by molar-refractivity contribution is 5.96. The molecule has 1 saturated heterocycles. The number of amides is 1. The molecule has 1 unspecified atom stereocenters. The highest BCUT2D eigenvalue weighted by Gasteiger charge is 2.42. The Morgan fingerprint density at radius 1 is 1.50 bits per heavy atom. The molecule has 0 radical (unpaired) electrons. The van der Waals surface area contributed by atoms with Gasteiger partial charge in [-0.05, 0) is 13.3 Å². The highest BCUT2D eigenvalue weighted by Crippen LogP contribution is 2.33. The number of alkyl halides is 3. The molecule has 1 aromatic heterocycles. The van der Waals surface area contributed by atoms with Crippen LogP contribution in [0.2, 0.25) is 0 Å². The second-order valence-electron chi connectivity index (χ2n) is 5.27. The van der Waals surface area contributed by atoms with Crippen LogP contribution in [0.5, 0.6) is 0 Å². The number of carbonyl (C=O) groups is 1. The van der Waals surface area contributed by atoms with Crippen LogP contribution in [0.25, 0.3) is 0 Å². The number of carbonyl (C=O) groups excluding carboxylic acids is 1. The van der Waals surface area contributed by atoms with Crippen molar-refractivity contribution in [1.82, 2.24) is 10.5 Å². The third-order valence-corrected chi connectivity index (χ3v) is 3.32. The lowest BCUT2D eigenvalue weighted by Crippen LogP contribution is -2.36. The molecule has 2 heterocycles. The first kappa shape index (κ1) is 14.8. The first-order valence-corrected chi connectivity index (χ1v) is 6.12. The molecule has 0 saturated carbocycles. The Labute approximate surface area is 113 Å². The maximum atomic E-state index is 12.7. The molecule has 1 aliphatic heterocycles. The molecule has 0 aliphatic carbocycles. The van der Waals surface area contributed by atoms with Gasteiger partial charge in [0, 0.05) is 18.6 Å². The Morgan fingerprint density at radius 2 is 2.20 bits per heavy atom. The summed E-state index contributed by atoms with van der Waals surface area (Å²) in [7, 11) is 0. The zero-order valence-electron chi connectivity index (χ0n) is 11.1. The molecule has 20 heavy (non-hydrogen) atoms. The lowest BCUT2D eigenvalue weighted by Gasteiger charge is -2.21. The summed E-state index contributed by atoms with van der Waals surface area (Å²) in [5, 5.41) is 5.72. The van der Waals surface area contributed by atoms with Crippen LogP contribution in [0.3, 0.4) is 0 Å². The maximum Gasteiger partial charge on any atom is 0.453 e. The van der Waals surface area contributed by atoms with E-state index in [0.29, 0.717) is 13.2 Å². The number of halogens is 3.